The number of nitrogens with zero attached hydrogens (tertiary/aromatic N) is 2. The zero-order chi connectivity index (χ0) is 11.4. The molecule has 0 bridgehead atoms. The number of hydrogen-bond acceptors (Lipinski definition) is 2. The smallest absolute Gasteiger partial charge is 0.159 e. The molecule has 0 saturated heterocycles. The predicted molar refractivity (Wildman–Crippen MR) is 66.5 cm³/mol. The van der Waals surface area contributed by atoms with Crippen molar-refractivity contribution >= 4 is 5.57 Å². The molecule has 2 nitrogen and oxygen atoms in total. The molecule has 1 radical (unpaired) electrons. The molecule has 79 valence electrons. The fourth-order valence-electron chi connectivity index (χ4n) is 1.45. The maximum absolute atomic E-state index is 4.21. The van der Waals surface area contributed by atoms with Crippen molar-refractivity contribution in [3.05, 3.63) is 61.3 Å². The van der Waals surface area contributed by atoms with Crippen LogP contribution in [0.3, 0.4) is 0 Å². The van der Waals surface area contributed by atoms with Gasteiger partial charge in [0.15, 0.2) is 5.82 Å². The monoisotopic (exact) mass is 209 g/mol. The Hall–Kier alpha value is -1.96. The third-order valence-electron chi connectivity index (χ3n) is 2.47. The molecule has 2 rings (SSSR count). The van der Waals surface area contributed by atoms with Gasteiger partial charge in [-0.2, -0.15) is 0 Å². The van der Waals surface area contributed by atoms with Gasteiger partial charge >= 0.3 is 0 Å². The van der Waals surface area contributed by atoms with Gasteiger partial charge in [-0.05, 0) is 31.1 Å². The van der Waals surface area contributed by atoms with Crippen LogP contribution in [0, 0.1) is 6.92 Å². The molecule has 0 fully saturated rings. The second-order valence-corrected chi connectivity index (χ2v) is 3.54. The van der Waals surface area contributed by atoms with Crippen LogP contribution in [0.2, 0.25) is 0 Å². The van der Waals surface area contributed by atoms with E-state index in [9.17, 15) is 0 Å². The minimum Gasteiger partial charge on any atom is -0.237 e. The maximum Gasteiger partial charge on any atom is 0.159 e. The summed E-state index contributed by atoms with van der Waals surface area (Å²) < 4.78 is 0. The van der Waals surface area contributed by atoms with E-state index in [1.807, 2.05) is 31.2 Å². The number of aromatic nitrogens is 2. The topological polar surface area (TPSA) is 25.8 Å². The van der Waals surface area contributed by atoms with Crippen molar-refractivity contribution in [2.45, 2.75) is 6.92 Å². The highest BCUT2D eigenvalue weighted by Crippen LogP contribution is 2.18. The van der Waals surface area contributed by atoms with Crippen molar-refractivity contribution in [1.29, 1.82) is 0 Å². The number of allylic oxidation sites excluding steroid dienone is 2. The molecule has 2 aromatic rings. The number of hydrogen-bond donors (Lipinski definition) is 0. The lowest BCUT2D eigenvalue weighted by Crippen LogP contribution is -1.87. The molecule has 2 heteroatoms. The minimum absolute atomic E-state index is 0.755. The van der Waals surface area contributed by atoms with Crippen molar-refractivity contribution in [3.63, 3.8) is 0 Å². The van der Waals surface area contributed by atoms with Crippen LogP contribution in [-0.2, 0) is 0 Å². The predicted octanol–water partition coefficient (Wildman–Crippen LogP) is 3.38. The van der Waals surface area contributed by atoms with E-state index in [4.69, 9.17) is 0 Å². The van der Waals surface area contributed by atoms with Gasteiger partial charge in [0.1, 0.15) is 0 Å². The van der Waals surface area contributed by atoms with Crippen molar-refractivity contribution in [2.75, 3.05) is 0 Å². The average molecular weight is 209 g/mol. The number of rotatable bonds is 2. The van der Waals surface area contributed by atoms with E-state index in [1.54, 1.807) is 12.4 Å². The first-order valence-corrected chi connectivity index (χ1v) is 5.15. The standard InChI is InChI=1S/C14H13N2/c1-3-11(2)12-5-7-13(8-6-12)14-15-9-4-10-16-14/h3-10H,1H2,2H3/b11-3+. The first kappa shape index (κ1) is 10.6. The van der Waals surface area contributed by atoms with Gasteiger partial charge < -0.3 is 0 Å². The van der Waals surface area contributed by atoms with E-state index in [2.05, 4.69) is 29.0 Å². The van der Waals surface area contributed by atoms with Gasteiger partial charge in [0.2, 0.25) is 0 Å². The van der Waals surface area contributed by atoms with E-state index < -0.39 is 0 Å². The molecule has 0 aliphatic rings. The van der Waals surface area contributed by atoms with Gasteiger partial charge in [0.25, 0.3) is 0 Å². The van der Waals surface area contributed by atoms with Gasteiger partial charge in [-0.1, -0.05) is 30.3 Å². The molecule has 0 N–H and O–H groups in total. The molecule has 0 saturated carbocycles. The van der Waals surface area contributed by atoms with Crippen LogP contribution in [0.5, 0.6) is 0 Å². The Morgan fingerprint density at radius 1 is 1.12 bits per heavy atom. The van der Waals surface area contributed by atoms with Gasteiger partial charge in [0, 0.05) is 18.0 Å². The largest absolute Gasteiger partial charge is 0.237 e. The normalized spacial score (nSPS) is 11.5. The van der Waals surface area contributed by atoms with Crippen molar-refractivity contribution in [2.24, 2.45) is 0 Å². The summed E-state index contributed by atoms with van der Waals surface area (Å²) in [5.74, 6) is 0.755. The zero-order valence-corrected chi connectivity index (χ0v) is 9.22. The maximum atomic E-state index is 4.21. The molecule has 0 spiro atoms. The fraction of sp³-hybridized carbons (Fsp3) is 0.0714. The van der Waals surface area contributed by atoms with E-state index in [1.165, 1.54) is 11.1 Å². The first-order chi connectivity index (χ1) is 7.81. The summed E-state index contributed by atoms with van der Waals surface area (Å²) in [5, 5.41) is 0. The average Bonchev–Trinajstić information content (AvgIpc) is 2.39. The van der Waals surface area contributed by atoms with E-state index in [-0.39, 0.29) is 0 Å². The molecule has 1 heterocycles. The highest BCUT2D eigenvalue weighted by Gasteiger charge is 2.00. The summed E-state index contributed by atoms with van der Waals surface area (Å²) in [7, 11) is 0. The lowest BCUT2D eigenvalue weighted by Gasteiger charge is -2.03. The highest BCUT2D eigenvalue weighted by atomic mass is 14.8. The summed E-state index contributed by atoms with van der Waals surface area (Å²) in [6.07, 6.45) is 5.35. The lowest BCUT2D eigenvalue weighted by molar-refractivity contribution is 1.18. The molecule has 0 aliphatic heterocycles. The molecular weight excluding hydrogens is 196 g/mol. The van der Waals surface area contributed by atoms with Crippen molar-refractivity contribution < 1.29 is 0 Å². The van der Waals surface area contributed by atoms with Gasteiger partial charge in [-0.15, -0.1) is 0 Å². The molecule has 1 aromatic heterocycles. The van der Waals surface area contributed by atoms with Gasteiger partial charge in [-0.25, -0.2) is 9.97 Å². The molecular formula is C14H13N2. The van der Waals surface area contributed by atoms with Gasteiger partial charge in [0.05, 0.1) is 0 Å². The second-order valence-electron chi connectivity index (χ2n) is 3.54. The van der Waals surface area contributed by atoms with Crippen LogP contribution < -0.4 is 0 Å². The zero-order valence-electron chi connectivity index (χ0n) is 9.22. The minimum atomic E-state index is 0.755. The summed E-state index contributed by atoms with van der Waals surface area (Å²) in [6.45, 7) is 5.80. The van der Waals surface area contributed by atoms with Crippen LogP contribution in [0.25, 0.3) is 17.0 Å². The second kappa shape index (κ2) is 4.71. The molecule has 0 aliphatic carbocycles. The van der Waals surface area contributed by atoms with Crippen molar-refractivity contribution in [1.82, 2.24) is 9.97 Å². The van der Waals surface area contributed by atoms with E-state index in [0.717, 1.165) is 11.4 Å². The fourth-order valence-corrected chi connectivity index (χ4v) is 1.45. The Bertz CT molecular complexity index is 484. The van der Waals surface area contributed by atoms with Gasteiger partial charge in [-0.3, -0.25) is 0 Å². The third kappa shape index (κ3) is 2.16. The SMILES string of the molecule is [CH2]/C=C(\C)c1ccc(-c2ncccn2)cc1. The summed E-state index contributed by atoms with van der Waals surface area (Å²) >= 11 is 0. The van der Waals surface area contributed by atoms with Crippen LogP contribution >= 0.6 is 0 Å². The summed E-state index contributed by atoms with van der Waals surface area (Å²) in [4.78, 5) is 8.41. The van der Waals surface area contributed by atoms with Crippen molar-refractivity contribution in [3.8, 4) is 11.4 Å². The molecule has 0 amide bonds. The third-order valence-corrected chi connectivity index (χ3v) is 2.47. The molecule has 16 heavy (non-hydrogen) atoms. The van der Waals surface area contributed by atoms with Crippen LogP contribution in [0.1, 0.15) is 12.5 Å². The van der Waals surface area contributed by atoms with Crippen LogP contribution in [0.15, 0.2) is 48.8 Å². The summed E-state index contributed by atoms with van der Waals surface area (Å²) in [5.41, 5.74) is 3.37. The Morgan fingerprint density at radius 3 is 2.31 bits per heavy atom. The summed E-state index contributed by atoms with van der Waals surface area (Å²) in [6, 6.07) is 9.98. The van der Waals surface area contributed by atoms with Crippen LogP contribution in [-0.4, -0.2) is 9.97 Å². The van der Waals surface area contributed by atoms with Crippen LogP contribution in [0.4, 0.5) is 0 Å². The number of benzene rings is 1. The quantitative estimate of drug-likeness (QED) is 0.757. The Kier molecular flexibility index (Phi) is 3.10. The first-order valence-electron chi connectivity index (χ1n) is 5.15. The molecule has 1 aromatic carbocycles. The Balaban J connectivity index is 2.34. The van der Waals surface area contributed by atoms with E-state index >= 15 is 0 Å². The molecule has 0 atom stereocenters. The Labute approximate surface area is 95.7 Å². The Morgan fingerprint density at radius 2 is 1.75 bits per heavy atom. The lowest BCUT2D eigenvalue weighted by atomic mass is 10.1. The molecule has 0 unspecified atom stereocenters. The highest BCUT2D eigenvalue weighted by molar-refractivity contribution is 5.67. The van der Waals surface area contributed by atoms with E-state index in [0.29, 0.717) is 0 Å².